The van der Waals surface area contributed by atoms with Gasteiger partial charge in [0.15, 0.2) is 5.96 Å². The molecule has 3 rings (SSSR count). The Morgan fingerprint density at radius 1 is 1.26 bits per heavy atom. The third-order valence-electron chi connectivity index (χ3n) is 5.39. The van der Waals surface area contributed by atoms with Gasteiger partial charge in [-0.3, -0.25) is 9.79 Å². The summed E-state index contributed by atoms with van der Waals surface area (Å²) in [4.78, 5) is 23.4. The van der Waals surface area contributed by atoms with Crippen LogP contribution in [0.25, 0.3) is 0 Å². The van der Waals surface area contributed by atoms with Gasteiger partial charge in [0.1, 0.15) is 5.82 Å². The fourth-order valence-corrected chi connectivity index (χ4v) is 4.02. The van der Waals surface area contributed by atoms with Crippen LogP contribution in [-0.4, -0.2) is 47.9 Å². The lowest BCUT2D eigenvalue weighted by Crippen LogP contribution is -2.40. The van der Waals surface area contributed by atoms with Crippen LogP contribution in [0.2, 0.25) is 0 Å². The van der Waals surface area contributed by atoms with Crippen LogP contribution in [0.5, 0.6) is 0 Å². The molecule has 1 saturated heterocycles. The van der Waals surface area contributed by atoms with Crippen molar-refractivity contribution in [3.05, 3.63) is 23.9 Å². The summed E-state index contributed by atoms with van der Waals surface area (Å²) in [6.07, 6.45) is 7.57. The summed E-state index contributed by atoms with van der Waals surface area (Å²) in [5.41, 5.74) is 1.08. The Morgan fingerprint density at radius 3 is 2.56 bits per heavy atom. The topological polar surface area (TPSA) is 69.6 Å². The van der Waals surface area contributed by atoms with Gasteiger partial charge in [-0.2, -0.15) is 0 Å². The first kappa shape index (κ1) is 21.9. The lowest BCUT2D eigenvalue weighted by Gasteiger charge is -2.22. The van der Waals surface area contributed by atoms with E-state index in [0.717, 1.165) is 43.0 Å². The highest BCUT2D eigenvalue weighted by Crippen LogP contribution is 2.35. The standard InChI is InChI=1S/C20H31N5O.HI/c1-3-21-20(25-13-16-6-4-5-7-17(16)14-25)22-11-10-19(26)24-18-9-8-15(2)12-23-18;/h8-9,12,16-17H,3-7,10-11,13-14H2,1-2H3,(H,21,22)(H,23,24,26);1H. The van der Waals surface area contributed by atoms with E-state index in [1.807, 2.05) is 19.1 Å². The molecule has 2 aliphatic rings. The summed E-state index contributed by atoms with van der Waals surface area (Å²) in [6.45, 7) is 7.63. The largest absolute Gasteiger partial charge is 0.357 e. The molecule has 0 spiro atoms. The Morgan fingerprint density at radius 2 is 1.96 bits per heavy atom. The van der Waals surface area contributed by atoms with Crippen molar-refractivity contribution in [3.8, 4) is 0 Å². The van der Waals surface area contributed by atoms with Crippen LogP contribution in [0, 0.1) is 18.8 Å². The van der Waals surface area contributed by atoms with Gasteiger partial charge in [0, 0.05) is 32.3 Å². The van der Waals surface area contributed by atoms with Gasteiger partial charge in [0.05, 0.1) is 6.54 Å². The average Bonchev–Trinajstić information content (AvgIpc) is 3.07. The van der Waals surface area contributed by atoms with Crippen LogP contribution in [0.3, 0.4) is 0 Å². The van der Waals surface area contributed by atoms with E-state index < -0.39 is 0 Å². The maximum absolute atomic E-state index is 12.1. The number of likely N-dealkylation sites (tertiary alicyclic amines) is 1. The zero-order valence-electron chi connectivity index (χ0n) is 16.4. The maximum atomic E-state index is 12.1. The fourth-order valence-electron chi connectivity index (χ4n) is 4.02. The number of rotatable bonds is 5. The number of aromatic nitrogens is 1. The molecule has 2 unspecified atom stereocenters. The maximum Gasteiger partial charge on any atom is 0.227 e. The molecule has 1 aliphatic heterocycles. The lowest BCUT2D eigenvalue weighted by molar-refractivity contribution is -0.116. The summed E-state index contributed by atoms with van der Waals surface area (Å²) in [7, 11) is 0. The quantitative estimate of drug-likeness (QED) is 0.381. The van der Waals surface area contributed by atoms with Gasteiger partial charge in [0.25, 0.3) is 0 Å². The first-order chi connectivity index (χ1) is 12.7. The number of nitrogens with zero attached hydrogens (tertiary/aromatic N) is 3. The molecule has 2 heterocycles. The zero-order chi connectivity index (χ0) is 18.4. The van der Waals surface area contributed by atoms with Crippen LogP contribution in [0.4, 0.5) is 5.82 Å². The molecule has 2 N–H and O–H groups in total. The SMILES string of the molecule is CCNC(=NCCC(=O)Nc1ccc(C)cn1)N1CC2CCCCC2C1.I. The van der Waals surface area contributed by atoms with E-state index in [4.69, 9.17) is 4.99 Å². The van der Waals surface area contributed by atoms with Crippen molar-refractivity contribution in [2.24, 2.45) is 16.8 Å². The molecule has 0 radical (unpaired) electrons. The molecule has 1 aliphatic carbocycles. The van der Waals surface area contributed by atoms with E-state index in [-0.39, 0.29) is 29.9 Å². The minimum Gasteiger partial charge on any atom is -0.357 e. The number of fused-ring (bicyclic) bond motifs is 1. The predicted octanol–water partition coefficient (Wildman–Crippen LogP) is 3.42. The van der Waals surface area contributed by atoms with Crippen LogP contribution in [0.15, 0.2) is 23.3 Å². The second kappa shape index (κ2) is 10.8. The Balaban J connectivity index is 0.00000261. The van der Waals surface area contributed by atoms with Gasteiger partial charge in [-0.05, 0) is 50.2 Å². The number of carbonyl (C=O) groups excluding carboxylic acids is 1. The Kier molecular flexibility index (Phi) is 8.79. The number of amides is 1. The number of hydrogen-bond acceptors (Lipinski definition) is 3. The number of halogens is 1. The number of guanidine groups is 1. The van der Waals surface area contributed by atoms with Crippen LogP contribution < -0.4 is 10.6 Å². The van der Waals surface area contributed by atoms with Crippen molar-refractivity contribution >= 4 is 41.7 Å². The number of pyridine rings is 1. The first-order valence-electron chi connectivity index (χ1n) is 9.91. The molecule has 0 bridgehead atoms. The molecule has 1 amide bonds. The fraction of sp³-hybridized carbons (Fsp3) is 0.650. The van der Waals surface area contributed by atoms with Gasteiger partial charge in [0.2, 0.25) is 5.91 Å². The molecule has 1 aromatic rings. The lowest BCUT2D eigenvalue weighted by atomic mass is 9.82. The van der Waals surface area contributed by atoms with E-state index in [1.54, 1.807) is 6.20 Å². The molecule has 2 atom stereocenters. The van der Waals surface area contributed by atoms with E-state index in [2.05, 4.69) is 27.4 Å². The first-order valence-corrected chi connectivity index (χ1v) is 9.91. The smallest absolute Gasteiger partial charge is 0.227 e. The van der Waals surface area contributed by atoms with Crippen molar-refractivity contribution in [2.45, 2.75) is 46.0 Å². The van der Waals surface area contributed by atoms with Crippen LogP contribution >= 0.6 is 24.0 Å². The summed E-state index contributed by atoms with van der Waals surface area (Å²) in [5, 5.41) is 6.23. The van der Waals surface area contributed by atoms with Crippen LogP contribution in [0.1, 0.15) is 44.6 Å². The highest BCUT2D eigenvalue weighted by atomic mass is 127. The number of hydrogen-bond donors (Lipinski definition) is 2. The molecule has 1 aromatic heterocycles. The van der Waals surface area contributed by atoms with E-state index >= 15 is 0 Å². The monoisotopic (exact) mass is 485 g/mol. The average molecular weight is 485 g/mol. The summed E-state index contributed by atoms with van der Waals surface area (Å²) < 4.78 is 0. The summed E-state index contributed by atoms with van der Waals surface area (Å²) in [6, 6.07) is 3.77. The summed E-state index contributed by atoms with van der Waals surface area (Å²) >= 11 is 0. The molecule has 7 heteroatoms. The van der Waals surface area contributed by atoms with E-state index in [9.17, 15) is 4.79 Å². The number of nitrogens with one attached hydrogen (secondary N) is 2. The number of anilines is 1. The molecule has 27 heavy (non-hydrogen) atoms. The van der Waals surface area contributed by atoms with Gasteiger partial charge < -0.3 is 15.5 Å². The van der Waals surface area contributed by atoms with Crippen molar-refractivity contribution in [1.82, 2.24) is 15.2 Å². The molecule has 150 valence electrons. The van der Waals surface area contributed by atoms with E-state index in [0.29, 0.717) is 18.8 Å². The molecular weight excluding hydrogens is 453 g/mol. The molecule has 2 fully saturated rings. The minimum absolute atomic E-state index is 0. The number of aryl methyl sites for hydroxylation is 1. The Labute approximate surface area is 179 Å². The predicted molar refractivity (Wildman–Crippen MR) is 121 cm³/mol. The highest BCUT2D eigenvalue weighted by molar-refractivity contribution is 14.0. The second-order valence-corrected chi connectivity index (χ2v) is 7.46. The van der Waals surface area contributed by atoms with Crippen molar-refractivity contribution in [3.63, 3.8) is 0 Å². The summed E-state index contributed by atoms with van der Waals surface area (Å²) in [5.74, 6) is 3.16. The normalized spacial score (nSPS) is 22.0. The molecule has 6 nitrogen and oxygen atoms in total. The van der Waals surface area contributed by atoms with Crippen LogP contribution in [-0.2, 0) is 4.79 Å². The molecular formula is C20H32IN5O. The van der Waals surface area contributed by atoms with Gasteiger partial charge in [-0.25, -0.2) is 4.98 Å². The van der Waals surface area contributed by atoms with Gasteiger partial charge in [-0.15, -0.1) is 24.0 Å². The number of carbonyl (C=O) groups is 1. The second-order valence-electron chi connectivity index (χ2n) is 7.46. The Hall–Kier alpha value is -1.38. The van der Waals surface area contributed by atoms with Gasteiger partial charge >= 0.3 is 0 Å². The Bertz CT molecular complexity index is 620. The van der Waals surface area contributed by atoms with Crippen molar-refractivity contribution < 1.29 is 4.79 Å². The highest BCUT2D eigenvalue weighted by Gasteiger charge is 2.35. The number of aliphatic imine (C=N–C) groups is 1. The third kappa shape index (κ3) is 6.33. The zero-order valence-corrected chi connectivity index (χ0v) is 18.7. The van der Waals surface area contributed by atoms with Crippen molar-refractivity contribution in [1.29, 1.82) is 0 Å². The molecule has 0 aromatic carbocycles. The molecule has 1 saturated carbocycles. The van der Waals surface area contributed by atoms with E-state index in [1.165, 1.54) is 25.7 Å². The third-order valence-corrected chi connectivity index (χ3v) is 5.39. The van der Waals surface area contributed by atoms with Crippen molar-refractivity contribution in [2.75, 3.05) is 31.5 Å². The van der Waals surface area contributed by atoms with Gasteiger partial charge in [-0.1, -0.05) is 18.9 Å². The minimum atomic E-state index is -0.0453.